The Morgan fingerprint density at radius 1 is 1.55 bits per heavy atom. The topological polar surface area (TPSA) is 89.3 Å². The van der Waals surface area contributed by atoms with Crippen LogP contribution in [0.4, 0.5) is 0 Å². The number of aromatic nitrogens is 2. The van der Waals surface area contributed by atoms with Crippen LogP contribution in [0.2, 0.25) is 5.15 Å². The predicted octanol–water partition coefficient (Wildman–Crippen LogP) is 1.79. The summed E-state index contributed by atoms with van der Waals surface area (Å²) in [6.45, 7) is 3.91. The summed E-state index contributed by atoms with van der Waals surface area (Å²) < 4.78 is 24.4. The van der Waals surface area contributed by atoms with Crippen molar-refractivity contribution < 1.29 is 18.3 Å². The number of carboxylic acid groups (broad SMARTS) is 1. The first-order valence-electron chi connectivity index (χ1n) is 6.42. The lowest BCUT2D eigenvalue weighted by atomic mass is 10.1. The molecule has 1 N–H and O–H groups in total. The maximum atomic E-state index is 11.5. The SMILES string of the molecule is CC(C)Cc1nn(C2CCS(=O)(=O)C2)c(Cl)c1C(=O)O. The first kappa shape index (κ1) is 15.3. The van der Waals surface area contributed by atoms with Crippen molar-refractivity contribution in [1.82, 2.24) is 9.78 Å². The van der Waals surface area contributed by atoms with E-state index < -0.39 is 15.8 Å². The molecule has 0 aromatic carbocycles. The Balaban J connectivity index is 2.42. The molecule has 1 aliphatic heterocycles. The fourth-order valence-electron chi connectivity index (χ4n) is 2.41. The van der Waals surface area contributed by atoms with Gasteiger partial charge in [0, 0.05) is 0 Å². The largest absolute Gasteiger partial charge is 0.478 e. The Hall–Kier alpha value is -1.08. The molecule has 1 aromatic rings. The number of sulfone groups is 1. The van der Waals surface area contributed by atoms with Crippen molar-refractivity contribution in [2.24, 2.45) is 5.92 Å². The molecule has 1 saturated heterocycles. The van der Waals surface area contributed by atoms with Crippen molar-refractivity contribution in [3.63, 3.8) is 0 Å². The average Bonchev–Trinajstić information content (AvgIpc) is 2.78. The smallest absolute Gasteiger partial charge is 0.340 e. The second-order valence-electron chi connectivity index (χ2n) is 5.52. The number of halogens is 1. The van der Waals surface area contributed by atoms with Gasteiger partial charge in [0.1, 0.15) is 10.7 Å². The van der Waals surface area contributed by atoms with Crippen molar-refractivity contribution in [2.45, 2.75) is 32.7 Å². The van der Waals surface area contributed by atoms with Crippen LogP contribution >= 0.6 is 11.6 Å². The summed E-state index contributed by atoms with van der Waals surface area (Å²) >= 11 is 6.11. The van der Waals surface area contributed by atoms with Crippen LogP contribution in [0.25, 0.3) is 0 Å². The molecule has 6 nitrogen and oxygen atoms in total. The van der Waals surface area contributed by atoms with Crippen LogP contribution < -0.4 is 0 Å². The van der Waals surface area contributed by atoms with Crippen molar-refractivity contribution in [2.75, 3.05) is 11.5 Å². The molecule has 112 valence electrons. The molecule has 0 aliphatic carbocycles. The number of carboxylic acids is 1. The van der Waals surface area contributed by atoms with E-state index in [1.54, 1.807) is 0 Å². The van der Waals surface area contributed by atoms with Crippen LogP contribution in [-0.4, -0.2) is 40.8 Å². The van der Waals surface area contributed by atoms with E-state index in [1.807, 2.05) is 13.8 Å². The third kappa shape index (κ3) is 2.98. The first-order chi connectivity index (χ1) is 9.21. The molecular formula is C12H17ClN2O4S. The van der Waals surface area contributed by atoms with E-state index in [-0.39, 0.29) is 34.2 Å². The van der Waals surface area contributed by atoms with E-state index in [0.717, 1.165) is 0 Å². The maximum absolute atomic E-state index is 11.5. The zero-order valence-corrected chi connectivity index (χ0v) is 12.9. The van der Waals surface area contributed by atoms with Crippen LogP contribution in [-0.2, 0) is 16.3 Å². The average molecular weight is 321 g/mol. The van der Waals surface area contributed by atoms with E-state index >= 15 is 0 Å². The highest BCUT2D eigenvalue weighted by Crippen LogP contribution is 2.30. The highest BCUT2D eigenvalue weighted by atomic mass is 35.5. The third-order valence-corrected chi connectivity index (χ3v) is 5.41. The summed E-state index contributed by atoms with van der Waals surface area (Å²) in [7, 11) is -3.07. The molecule has 2 heterocycles. The summed E-state index contributed by atoms with van der Waals surface area (Å²) in [5.41, 5.74) is 0.409. The van der Waals surface area contributed by atoms with Gasteiger partial charge in [0.05, 0.1) is 23.2 Å². The predicted molar refractivity (Wildman–Crippen MR) is 75.0 cm³/mol. The number of aromatic carboxylic acids is 1. The molecule has 1 fully saturated rings. The Morgan fingerprint density at radius 2 is 2.20 bits per heavy atom. The fraction of sp³-hybridized carbons (Fsp3) is 0.667. The Labute approximate surface area is 122 Å². The summed E-state index contributed by atoms with van der Waals surface area (Å²) in [4.78, 5) is 11.3. The van der Waals surface area contributed by atoms with Gasteiger partial charge in [-0.15, -0.1) is 0 Å². The van der Waals surface area contributed by atoms with Gasteiger partial charge in [0.25, 0.3) is 0 Å². The molecule has 1 unspecified atom stereocenters. The number of hydrogen-bond donors (Lipinski definition) is 1. The van der Waals surface area contributed by atoms with Gasteiger partial charge >= 0.3 is 5.97 Å². The number of rotatable bonds is 4. The Morgan fingerprint density at radius 3 is 2.65 bits per heavy atom. The van der Waals surface area contributed by atoms with Crippen LogP contribution in [0.15, 0.2) is 0 Å². The van der Waals surface area contributed by atoms with Gasteiger partial charge < -0.3 is 5.11 Å². The first-order valence-corrected chi connectivity index (χ1v) is 8.62. The van der Waals surface area contributed by atoms with Gasteiger partial charge in [0.2, 0.25) is 0 Å². The van der Waals surface area contributed by atoms with E-state index in [4.69, 9.17) is 11.6 Å². The van der Waals surface area contributed by atoms with Gasteiger partial charge in [-0.05, 0) is 18.8 Å². The maximum Gasteiger partial charge on any atom is 0.340 e. The number of hydrogen-bond acceptors (Lipinski definition) is 4. The Bertz CT molecular complexity index is 636. The number of nitrogens with zero attached hydrogens (tertiary/aromatic N) is 2. The lowest BCUT2D eigenvalue weighted by Gasteiger charge is -2.09. The molecule has 0 amide bonds. The van der Waals surface area contributed by atoms with Gasteiger partial charge in [-0.3, -0.25) is 0 Å². The van der Waals surface area contributed by atoms with Gasteiger partial charge in [-0.25, -0.2) is 17.9 Å². The summed E-state index contributed by atoms with van der Waals surface area (Å²) in [6, 6.07) is -0.369. The minimum absolute atomic E-state index is 0.00957. The highest BCUT2D eigenvalue weighted by Gasteiger charge is 2.33. The van der Waals surface area contributed by atoms with E-state index in [0.29, 0.717) is 18.5 Å². The lowest BCUT2D eigenvalue weighted by molar-refractivity contribution is 0.0695. The molecule has 0 saturated carbocycles. The third-order valence-electron chi connectivity index (χ3n) is 3.29. The van der Waals surface area contributed by atoms with Crippen LogP contribution in [0.1, 0.15) is 42.4 Å². The molecule has 0 radical (unpaired) electrons. The van der Waals surface area contributed by atoms with Gasteiger partial charge in [-0.1, -0.05) is 25.4 Å². The minimum Gasteiger partial charge on any atom is -0.478 e. The van der Waals surface area contributed by atoms with E-state index in [1.165, 1.54) is 4.68 Å². The van der Waals surface area contributed by atoms with Crippen molar-refractivity contribution in [1.29, 1.82) is 0 Å². The zero-order valence-electron chi connectivity index (χ0n) is 11.3. The highest BCUT2D eigenvalue weighted by molar-refractivity contribution is 7.91. The second-order valence-corrected chi connectivity index (χ2v) is 8.10. The quantitative estimate of drug-likeness (QED) is 0.913. The van der Waals surface area contributed by atoms with E-state index in [2.05, 4.69) is 5.10 Å². The van der Waals surface area contributed by atoms with E-state index in [9.17, 15) is 18.3 Å². The normalized spacial score (nSPS) is 21.5. The van der Waals surface area contributed by atoms with Crippen LogP contribution in [0, 0.1) is 5.92 Å². The second kappa shape index (κ2) is 5.37. The monoisotopic (exact) mass is 320 g/mol. The minimum atomic E-state index is -3.07. The van der Waals surface area contributed by atoms with Crippen LogP contribution in [0.3, 0.4) is 0 Å². The molecule has 0 spiro atoms. The van der Waals surface area contributed by atoms with Crippen molar-refractivity contribution >= 4 is 27.4 Å². The molecule has 1 aromatic heterocycles. The fourth-order valence-corrected chi connectivity index (χ4v) is 4.47. The lowest BCUT2D eigenvalue weighted by Crippen LogP contribution is -2.13. The zero-order chi connectivity index (χ0) is 15.1. The summed E-state index contributed by atoms with van der Waals surface area (Å²) in [5.74, 6) is -0.831. The van der Waals surface area contributed by atoms with Crippen molar-refractivity contribution in [3.05, 3.63) is 16.4 Å². The van der Waals surface area contributed by atoms with Crippen molar-refractivity contribution in [3.8, 4) is 0 Å². The Kier molecular flexibility index (Phi) is 4.11. The standard InChI is InChI=1S/C12H17ClN2O4S/c1-7(2)5-9-10(12(16)17)11(13)15(14-9)8-3-4-20(18,19)6-8/h7-8H,3-6H2,1-2H3,(H,16,17). The molecule has 20 heavy (non-hydrogen) atoms. The molecule has 1 atom stereocenters. The molecule has 1 aliphatic rings. The molecular weight excluding hydrogens is 304 g/mol. The summed E-state index contributed by atoms with van der Waals surface area (Å²) in [6.07, 6.45) is 0.914. The van der Waals surface area contributed by atoms with Gasteiger partial charge in [0.15, 0.2) is 9.84 Å². The van der Waals surface area contributed by atoms with Gasteiger partial charge in [-0.2, -0.15) is 5.10 Å². The van der Waals surface area contributed by atoms with Crippen LogP contribution in [0.5, 0.6) is 0 Å². The molecule has 0 bridgehead atoms. The number of carbonyl (C=O) groups is 1. The molecule has 2 rings (SSSR count). The summed E-state index contributed by atoms with van der Waals surface area (Å²) in [5, 5.41) is 13.5. The molecule has 8 heteroatoms.